The smallest absolute Gasteiger partial charge is 0.264 e. The van der Waals surface area contributed by atoms with E-state index in [0.29, 0.717) is 30.3 Å². The van der Waals surface area contributed by atoms with Crippen molar-refractivity contribution in [3.63, 3.8) is 0 Å². The van der Waals surface area contributed by atoms with Crippen molar-refractivity contribution >= 4 is 27.3 Å². The van der Waals surface area contributed by atoms with Crippen LogP contribution < -0.4 is 18.7 Å². The fourth-order valence-electron chi connectivity index (χ4n) is 3.94. The van der Waals surface area contributed by atoms with Gasteiger partial charge in [0, 0.05) is 19.3 Å². The van der Waals surface area contributed by atoms with Gasteiger partial charge in [-0.15, -0.1) is 0 Å². The first-order valence-corrected chi connectivity index (χ1v) is 12.7. The molecular formula is C26H28N2O5S. The Morgan fingerprint density at radius 2 is 1.59 bits per heavy atom. The number of hydrogen-bond donors (Lipinski definition) is 0. The van der Waals surface area contributed by atoms with E-state index in [1.807, 2.05) is 31.2 Å². The molecule has 8 heteroatoms. The van der Waals surface area contributed by atoms with E-state index in [-0.39, 0.29) is 17.4 Å². The lowest BCUT2D eigenvalue weighted by Crippen LogP contribution is -2.38. The number of ether oxygens (including phenoxy) is 2. The standard InChI is InChI=1S/C26H28N2O5S/c1-3-32-22-14-16-24(17-15-22)34(30,31)27(2)21-10-12-23(13-11-21)33-19-26(29)28-18-6-8-20-7-4-5-9-25(20)28/h4-5,7,9-17H,3,6,8,18-19H2,1-2H3. The topological polar surface area (TPSA) is 76.1 Å². The summed E-state index contributed by atoms with van der Waals surface area (Å²) in [7, 11) is -2.23. The molecule has 178 valence electrons. The third-order valence-corrected chi connectivity index (χ3v) is 7.57. The van der Waals surface area contributed by atoms with Gasteiger partial charge in [-0.1, -0.05) is 18.2 Å². The van der Waals surface area contributed by atoms with Gasteiger partial charge in [0.05, 0.1) is 17.2 Å². The van der Waals surface area contributed by atoms with E-state index in [0.717, 1.165) is 18.5 Å². The Morgan fingerprint density at radius 1 is 0.941 bits per heavy atom. The number of carbonyl (C=O) groups excluding carboxylic acids is 1. The monoisotopic (exact) mass is 480 g/mol. The maximum Gasteiger partial charge on any atom is 0.264 e. The predicted octanol–water partition coefficient (Wildman–Crippen LogP) is 4.27. The number of fused-ring (bicyclic) bond motifs is 1. The van der Waals surface area contributed by atoms with Crippen molar-refractivity contribution in [3.05, 3.63) is 78.4 Å². The molecule has 0 N–H and O–H groups in total. The second-order valence-corrected chi connectivity index (χ2v) is 9.91. The summed E-state index contributed by atoms with van der Waals surface area (Å²) < 4.78 is 38.3. The van der Waals surface area contributed by atoms with Gasteiger partial charge in [0.15, 0.2) is 6.61 Å². The summed E-state index contributed by atoms with van der Waals surface area (Å²) in [5, 5.41) is 0. The van der Waals surface area contributed by atoms with Crippen LogP contribution in [0.4, 0.5) is 11.4 Å². The SMILES string of the molecule is CCOc1ccc(S(=O)(=O)N(C)c2ccc(OCC(=O)N3CCCc4ccccc43)cc2)cc1. The number of benzene rings is 3. The molecule has 0 saturated carbocycles. The largest absolute Gasteiger partial charge is 0.494 e. The zero-order chi connectivity index (χ0) is 24.1. The van der Waals surface area contributed by atoms with E-state index in [1.165, 1.54) is 29.0 Å². The van der Waals surface area contributed by atoms with E-state index in [4.69, 9.17) is 9.47 Å². The van der Waals surface area contributed by atoms with Gasteiger partial charge in [-0.05, 0) is 79.9 Å². The molecule has 0 radical (unpaired) electrons. The van der Waals surface area contributed by atoms with Crippen molar-refractivity contribution in [1.82, 2.24) is 0 Å². The lowest BCUT2D eigenvalue weighted by Gasteiger charge is -2.29. The highest BCUT2D eigenvalue weighted by Gasteiger charge is 2.23. The van der Waals surface area contributed by atoms with Crippen molar-refractivity contribution < 1.29 is 22.7 Å². The average Bonchev–Trinajstić information content (AvgIpc) is 2.87. The van der Waals surface area contributed by atoms with Crippen LogP contribution in [0.2, 0.25) is 0 Å². The van der Waals surface area contributed by atoms with E-state index in [2.05, 4.69) is 0 Å². The van der Waals surface area contributed by atoms with Gasteiger partial charge in [-0.25, -0.2) is 8.42 Å². The minimum Gasteiger partial charge on any atom is -0.494 e. The van der Waals surface area contributed by atoms with Crippen LogP contribution in [0, 0.1) is 0 Å². The number of anilines is 2. The second-order valence-electron chi connectivity index (χ2n) is 7.94. The minimum atomic E-state index is -3.73. The van der Waals surface area contributed by atoms with Crippen LogP contribution in [0.1, 0.15) is 18.9 Å². The number of rotatable bonds is 8. The fraction of sp³-hybridized carbons (Fsp3) is 0.269. The molecule has 0 unspecified atom stereocenters. The minimum absolute atomic E-state index is 0.0893. The third-order valence-electron chi connectivity index (χ3n) is 5.77. The van der Waals surface area contributed by atoms with Crippen molar-refractivity contribution in [2.45, 2.75) is 24.7 Å². The zero-order valence-electron chi connectivity index (χ0n) is 19.3. The Kier molecular flexibility index (Phi) is 7.07. The van der Waals surface area contributed by atoms with Crippen LogP contribution in [-0.2, 0) is 21.2 Å². The predicted molar refractivity (Wildman–Crippen MR) is 132 cm³/mol. The lowest BCUT2D eigenvalue weighted by molar-refractivity contribution is -0.120. The van der Waals surface area contributed by atoms with Crippen molar-refractivity contribution in [2.24, 2.45) is 0 Å². The van der Waals surface area contributed by atoms with Gasteiger partial charge in [0.1, 0.15) is 11.5 Å². The molecule has 0 fully saturated rings. The molecule has 1 aliphatic rings. The van der Waals surface area contributed by atoms with E-state index < -0.39 is 10.0 Å². The van der Waals surface area contributed by atoms with Gasteiger partial charge in [-0.2, -0.15) is 0 Å². The quantitative estimate of drug-likeness (QED) is 0.481. The Balaban J connectivity index is 1.39. The van der Waals surface area contributed by atoms with E-state index in [9.17, 15) is 13.2 Å². The number of aryl methyl sites for hydroxylation is 1. The van der Waals surface area contributed by atoms with Gasteiger partial charge in [0.25, 0.3) is 15.9 Å². The summed E-state index contributed by atoms with van der Waals surface area (Å²) in [6.07, 6.45) is 1.89. The maximum atomic E-state index is 13.0. The number of para-hydroxylation sites is 1. The Labute approximate surface area is 200 Å². The molecule has 1 heterocycles. The van der Waals surface area contributed by atoms with E-state index >= 15 is 0 Å². The first kappa shape index (κ1) is 23.6. The molecule has 7 nitrogen and oxygen atoms in total. The van der Waals surface area contributed by atoms with Crippen LogP contribution in [-0.4, -0.2) is 41.1 Å². The molecule has 4 rings (SSSR count). The normalized spacial score (nSPS) is 13.2. The summed E-state index contributed by atoms with van der Waals surface area (Å²) in [4.78, 5) is 14.7. The number of nitrogens with zero attached hydrogens (tertiary/aromatic N) is 2. The van der Waals surface area contributed by atoms with Crippen molar-refractivity contribution in [2.75, 3.05) is 36.0 Å². The second kappa shape index (κ2) is 10.2. The summed E-state index contributed by atoms with van der Waals surface area (Å²) >= 11 is 0. The molecule has 0 aromatic heterocycles. The highest BCUT2D eigenvalue weighted by atomic mass is 32.2. The van der Waals surface area contributed by atoms with E-state index in [1.54, 1.807) is 41.3 Å². The Morgan fingerprint density at radius 3 is 2.29 bits per heavy atom. The molecule has 1 aliphatic heterocycles. The maximum absolute atomic E-state index is 13.0. The highest BCUT2D eigenvalue weighted by molar-refractivity contribution is 7.92. The molecule has 0 bridgehead atoms. The number of carbonyl (C=O) groups is 1. The van der Waals surface area contributed by atoms with Gasteiger partial charge in [0.2, 0.25) is 0 Å². The number of hydrogen-bond acceptors (Lipinski definition) is 5. The Hall–Kier alpha value is -3.52. The molecule has 0 spiro atoms. The summed E-state index contributed by atoms with van der Waals surface area (Å²) in [5.74, 6) is 1.01. The molecule has 34 heavy (non-hydrogen) atoms. The first-order valence-electron chi connectivity index (χ1n) is 11.2. The molecule has 0 saturated heterocycles. The average molecular weight is 481 g/mol. The van der Waals surface area contributed by atoms with Crippen molar-refractivity contribution in [1.29, 1.82) is 0 Å². The van der Waals surface area contributed by atoms with Gasteiger partial charge in [-0.3, -0.25) is 9.10 Å². The van der Waals surface area contributed by atoms with Gasteiger partial charge >= 0.3 is 0 Å². The third kappa shape index (κ3) is 5.02. The number of amides is 1. The fourth-order valence-corrected chi connectivity index (χ4v) is 5.13. The molecule has 3 aromatic carbocycles. The highest BCUT2D eigenvalue weighted by Crippen LogP contribution is 2.28. The molecular weight excluding hydrogens is 452 g/mol. The molecule has 1 amide bonds. The summed E-state index contributed by atoms with van der Waals surface area (Å²) in [6, 6.07) is 20.9. The molecule has 3 aromatic rings. The van der Waals surface area contributed by atoms with Crippen molar-refractivity contribution in [3.8, 4) is 11.5 Å². The van der Waals surface area contributed by atoms with Crippen LogP contribution in [0.25, 0.3) is 0 Å². The van der Waals surface area contributed by atoms with Gasteiger partial charge < -0.3 is 14.4 Å². The van der Waals surface area contributed by atoms with Crippen LogP contribution in [0.3, 0.4) is 0 Å². The number of sulfonamides is 1. The van der Waals surface area contributed by atoms with Crippen LogP contribution in [0.5, 0.6) is 11.5 Å². The first-order chi connectivity index (χ1) is 16.4. The van der Waals surface area contributed by atoms with Crippen LogP contribution in [0.15, 0.2) is 77.7 Å². The lowest BCUT2D eigenvalue weighted by atomic mass is 10.0. The summed E-state index contributed by atoms with van der Waals surface area (Å²) in [5.41, 5.74) is 2.60. The zero-order valence-corrected chi connectivity index (χ0v) is 20.1. The van der Waals surface area contributed by atoms with Crippen LogP contribution >= 0.6 is 0 Å². The molecule has 0 atom stereocenters. The molecule has 0 aliphatic carbocycles. The summed E-state index contributed by atoms with van der Waals surface area (Å²) in [6.45, 7) is 2.96. The Bertz CT molecular complexity index is 1240.